The number of carbonyl (C=O) groups is 1. The van der Waals surface area contributed by atoms with Gasteiger partial charge < -0.3 is 10.1 Å². The van der Waals surface area contributed by atoms with Gasteiger partial charge in [0.1, 0.15) is 12.4 Å². The monoisotopic (exact) mass is 472 g/mol. The van der Waals surface area contributed by atoms with Crippen molar-refractivity contribution >= 4 is 21.8 Å². The lowest BCUT2D eigenvalue weighted by molar-refractivity contribution is -0.126. The van der Waals surface area contributed by atoms with Crippen molar-refractivity contribution in [2.75, 3.05) is 26.2 Å². The van der Waals surface area contributed by atoms with Crippen LogP contribution in [0, 0.1) is 5.92 Å². The van der Waals surface area contributed by atoms with Crippen molar-refractivity contribution in [3.05, 3.63) is 64.1 Å². The van der Waals surface area contributed by atoms with Crippen molar-refractivity contribution < 1.29 is 9.53 Å². The first kappa shape index (κ1) is 22.8. The van der Waals surface area contributed by atoms with Gasteiger partial charge in [-0.1, -0.05) is 61.0 Å². The van der Waals surface area contributed by atoms with E-state index in [0.29, 0.717) is 13.2 Å². The zero-order chi connectivity index (χ0) is 21.6. The topological polar surface area (TPSA) is 41.6 Å². The molecule has 0 spiro atoms. The fraction of sp³-hybridized carbons (Fsp3) is 0.480. The van der Waals surface area contributed by atoms with Gasteiger partial charge >= 0.3 is 0 Å². The highest BCUT2D eigenvalue weighted by molar-refractivity contribution is 9.10. The van der Waals surface area contributed by atoms with Crippen LogP contribution >= 0.6 is 15.9 Å². The Morgan fingerprint density at radius 2 is 1.70 bits per heavy atom. The minimum atomic E-state index is 0.109. The second-order valence-electron chi connectivity index (χ2n) is 9.09. The molecule has 1 saturated heterocycles. The number of halogens is 1. The molecule has 162 valence electrons. The molecule has 2 aromatic carbocycles. The molecule has 1 aliphatic rings. The van der Waals surface area contributed by atoms with E-state index in [1.54, 1.807) is 0 Å². The number of benzene rings is 2. The molecule has 0 unspecified atom stereocenters. The van der Waals surface area contributed by atoms with Crippen LogP contribution in [0.1, 0.15) is 44.7 Å². The van der Waals surface area contributed by atoms with E-state index in [2.05, 4.69) is 83.3 Å². The summed E-state index contributed by atoms with van der Waals surface area (Å²) in [6.45, 7) is 10.5. The quantitative estimate of drug-likeness (QED) is 0.566. The number of rotatable bonds is 7. The lowest BCUT2D eigenvalue weighted by Gasteiger charge is -2.31. The third-order valence-corrected chi connectivity index (χ3v) is 6.20. The number of ether oxygens (including phenoxy) is 1. The van der Waals surface area contributed by atoms with Gasteiger partial charge in [0.2, 0.25) is 5.91 Å². The lowest BCUT2D eigenvalue weighted by atomic mass is 9.87. The molecule has 2 aromatic rings. The molecule has 1 N–H and O–H groups in total. The second kappa shape index (κ2) is 10.5. The molecule has 0 aliphatic carbocycles. The number of hydrogen-bond donors (Lipinski definition) is 1. The molecule has 1 heterocycles. The Bertz CT molecular complexity index is 805. The Morgan fingerprint density at radius 1 is 1.07 bits per heavy atom. The SMILES string of the molecule is CC(C)(C)c1ccc(OCCNC(=O)C2CCN(Cc3ccc(Br)cc3)CC2)cc1. The maximum absolute atomic E-state index is 12.5. The largest absolute Gasteiger partial charge is 0.492 e. The smallest absolute Gasteiger partial charge is 0.223 e. The lowest BCUT2D eigenvalue weighted by Crippen LogP contribution is -2.41. The van der Waals surface area contributed by atoms with Crippen LogP contribution in [-0.2, 0) is 16.8 Å². The summed E-state index contributed by atoms with van der Waals surface area (Å²) in [5.41, 5.74) is 2.74. The molecule has 30 heavy (non-hydrogen) atoms. The van der Waals surface area contributed by atoms with E-state index in [1.807, 2.05) is 12.1 Å². The third-order valence-electron chi connectivity index (χ3n) is 5.67. The van der Waals surface area contributed by atoms with E-state index in [0.717, 1.165) is 42.7 Å². The number of likely N-dealkylation sites (tertiary alicyclic amines) is 1. The first-order valence-electron chi connectivity index (χ1n) is 10.8. The van der Waals surface area contributed by atoms with Gasteiger partial charge in [-0.05, 0) is 66.7 Å². The highest BCUT2D eigenvalue weighted by Gasteiger charge is 2.24. The van der Waals surface area contributed by atoms with E-state index in [-0.39, 0.29) is 17.2 Å². The van der Waals surface area contributed by atoms with Gasteiger partial charge in [-0.25, -0.2) is 0 Å². The molecule has 3 rings (SSSR count). The van der Waals surface area contributed by atoms with Gasteiger partial charge in [0.25, 0.3) is 0 Å². The average Bonchev–Trinajstić information content (AvgIpc) is 2.73. The number of nitrogens with zero attached hydrogens (tertiary/aromatic N) is 1. The summed E-state index contributed by atoms with van der Waals surface area (Å²) in [6, 6.07) is 16.7. The second-order valence-corrected chi connectivity index (χ2v) is 10.0. The summed E-state index contributed by atoms with van der Waals surface area (Å²) < 4.78 is 6.88. The van der Waals surface area contributed by atoms with E-state index >= 15 is 0 Å². The van der Waals surface area contributed by atoms with Gasteiger partial charge in [-0.3, -0.25) is 9.69 Å². The number of amides is 1. The Kier molecular flexibility index (Phi) is 7.95. The van der Waals surface area contributed by atoms with Crippen LogP contribution in [0.2, 0.25) is 0 Å². The molecule has 0 radical (unpaired) electrons. The number of piperidine rings is 1. The van der Waals surface area contributed by atoms with E-state index in [1.165, 1.54) is 11.1 Å². The summed E-state index contributed by atoms with van der Waals surface area (Å²) in [5, 5.41) is 3.04. The molecule has 1 fully saturated rings. The molecule has 1 aliphatic heterocycles. The maximum atomic E-state index is 12.5. The summed E-state index contributed by atoms with van der Waals surface area (Å²) in [6.07, 6.45) is 1.83. The Morgan fingerprint density at radius 3 is 2.30 bits per heavy atom. The predicted octanol–water partition coefficient (Wildman–Crippen LogP) is 5.15. The summed E-state index contributed by atoms with van der Waals surface area (Å²) in [7, 11) is 0. The van der Waals surface area contributed by atoms with E-state index < -0.39 is 0 Å². The van der Waals surface area contributed by atoms with Crippen molar-refractivity contribution in [2.45, 2.75) is 45.6 Å². The van der Waals surface area contributed by atoms with Crippen molar-refractivity contribution in [3.8, 4) is 5.75 Å². The Hall–Kier alpha value is -1.85. The minimum absolute atomic E-state index is 0.109. The molecule has 4 nitrogen and oxygen atoms in total. The minimum Gasteiger partial charge on any atom is -0.492 e. The summed E-state index contributed by atoms with van der Waals surface area (Å²) >= 11 is 3.48. The van der Waals surface area contributed by atoms with Crippen molar-refractivity contribution in [2.24, 2.45) is 5.92 Å². The first-order chi connectivity index (χ1) is 14.3. The van der Waals surface area contributed by atoms with Crippen LogP contribution in [0.3, 0.4) is 0 Å². The molecule has 0 atom stereocenters. The fourth-order valence-corrected chi connectivity index (χ4v) is 4.00. The Labute approximate surface area is 189 Å². The van der Waals surface area contributed by atoms with E-state index in [9.17, 15) is 4.79 Å². The van der Waals surface area contributed by atoms with Gasteiger partial charge in [-0.2, -0.15) is 0 Å². The fourth-order valence-electron chi connectivity index (χ4n) is 3.74. The normalized spacial score (nSPS) is 15.7. The summed E-state index contributed by atoms with van der Waals surface area (Å²) in [4.78, 5) is 14.9. The van der Waals surface area contributed by atoms with Gasteiger partial charge in [0.05, 0.1) is 6.54 Å². The molecule has 0 bridgehead atoms. The van der Waals surface area contributed by atoms with Gasteiger partial charge in [0, 0.05) is 16.9 Å². The third kappa shape index (κ3) is 6.85. The molecule has 5 heteroatoms. The van der Waals surface area contributed by atoms with Crippen LogP contribution in [0.4, 0.5) is 0 Å². The van der Waals surface area contributed by atoms with E-state index in [4.69, 9.17) is 4.74 Å². The molecule has 0 saturated carbocycles. The van der Waals surface area contributed by atoms with Crippen molar-refractivity contribution in [1.29, 1.82) is 0 Å². The highest BCUT2D eigenvalue weighted by atomic mass is 79.9. The number of hydrogen-bond acceptors (Lipinski definition) is 3. The van der Waals surface area contributed by atoms with Crippen LogP contribution in [0.5, 0.6) is 5.75 Å². The number of carbonyl (C=O) groups excluding carboxylic acids is 1. The molecule has 0 aromatic heterocycles. The molecule has 1 amide bonds. The van der Waals surface area contributed by atoms with Crippen LogP contribution in [0.25, 0.3) is 0 Å². The van der Waals surface area contributed by atoms with Crippen LogP contribution < -0.4 is 10.1 Å². The highest BCUT2D eigenvalue weighted by Crippen LogP contribution is 2.24. The number of nitrogens with one attached hydrogen (secondary N) is 1. The summed E-state index contributed by atoms with van der Waals surface area (Å²) in [5.74, 6) is 1.11. The predicted molar refractivity (Wildman–Crippen MR) is 126 cm³/mol. The molecular weight excluding hydrogens is 440 g/mol. The van der Waals surface area contributed by atoms with Crippen molar-refractivity contribution in [3.63, 3.8) is 0 Å². The first-order valence-corrected chi connectivity index (χ1v) is 11.6. The standard InChI is InChI=1S/C25H33BrN2O2/c1-25(2,3)21-6-10-23(11-7-21)30-17-14-27-24(29)20-12-15-28(16-13-20)18-19-4-8-22(26)9-5-19/h4-11,20H,12-18H2,1-3H3,(H,27,29). The Balaban J connectivity index is 1.33. The maximum Gasteiger partial charge on any atom is 0.223 e. The van der Waals surface area contributed by atoms with Gasteiger partial charge in [-0.15, -0.1) is 0 Å². The van der Waals surface area contributed by atoms with Crippen molar-refractivity contribution in [1.82, 2.24) is 10.2 Å². The zero-order valence-electron chi connectivity index (χ0n) is 18.3. The van der Waals surface area contributed by atoms with Crippen LogP contribution in [-0.4, -0.2) is 37.0 Å². The molecular formula is C25H33BrN2O2. The van der Waals surface area contributed by atoms with Crippen LogP contribution in [0.15, 0.2) is 53.0 Å². The van der Waals surface area contributed by atoms with Gasteiger partial charge in [0.15, 0.2) is 0 Å². The zero-order valence-corrected chi connectivity index (χ0v) is 19.9. The average molecular weight is 473 g/mol.